The average Bonchev–Trinajstić information content (AvgIpc) is 2.37. The maximum atomic E-state index is 5.25. The molecular weight excluding hydrogens is 112 g/mol. The van der Waals surface area contributed by atoms with E-state index in [1.54, 1.807) is 0 Å². The third-order valence-corrected chi connectivity index (χ3v) is 1.93. The topological polar surface area (TPSA) is 9.23 Å². The zero-order valence-corrected chi connectivity index (χ0v) is 5.76. The molecule has 0 amide bonds. The molecule has 0 N–H and O–H groups in total. The molecule has 0 spiro atoms. The Bertz CT molecular complexity index is 117. The van der Waals surface area contributed by atoms with Crippen LogP contribution in [0, 0.1) is 24.2 Å². The predicted octanol–water partition coefficient (Wildman–Crippen LogP) is 1.29. The van der Waals surface area contributed by atoms with Gasteiger partial charge in [0.1, 0.15) is 0 Å². The zero-order chi connectivity index (χ0) is 6.69. The standard InChI is InChI=1S/C8H12O/c1-3-7(2)8-4-5-9-6-8/h1,7-8H,4-6H2,2H3. The van der Waals surface area contributed by atoms with Gasteiger partial charge in [0.05, 0.1) is 6.61 Å². The molecular formula is C8H12O. The molecule has 0 radical (unpaired) electrons. The molecule has 1 saturated heterocycles. The number of hydrogen-bond acceptors (Lipinski definition) is 1. The van der Waals surface area contributed by atoms with E-state index < -0.39 is 0 Å². The van der Waals surface area contributed by atoms with Crippen molar-refractivity contribution in [3.05, 3.63) is 0 Å². The molecule has 50 valence electrons. The van der Waals surface area contributed by atoms with E-state index in [0.29, 0.717) is 11.8 Å². The summed E-state index contributed by atoms with van der Waals surface area (Å²) >= 11 is 0. The summed E-state index contributed by atoms with van der Waals surface area (Å²) in [7, 11) is 0. The number of rotatable bonds is 1. The van der Waals surface area contributed by atoms with Crippen molar-refractivity contribution in [3.63, 3.8) is 0 Å². The Kier molecular flexibility index (Phi) is 2.13. The van der Waals surface area contributed by atoms with Crippen LogP contribution in [0.15, 0.2) is 0 Å². The van der Waals surface area contributed by atoms with Gasteiger partial charge in [0, 0.05) is 12.5 Å². The van der Waals surface area contributed by atoms with Gasteiger partial charge in [0.2, 0.25) is 0 Å². The first-order valence-electron chi connectivity index (χ1n) is 3.38. The molecule has 0 aromatic heterocycles. The summed E-state index contributed by atoms with van der Waals surface area (Å²) in [4.78, 5) is 0. The lowest BCUT2D eigenvalue weighted by atomic mass is 9.95. The van der Waals surface area contributed by atoms with Crippen molar-refractivity contribution in [1.29, 1.82) is 0 Å². The van der Waals surface area contributed by atoms with E-state index in [4.69, 9.17) is 11.2 Å². The van der Waals surface area contributed by atoms with Crippen LogP contribution in [0.1, 0.15) is 13.3 Å². The number of terminal acetylenes is 1. The normalized spacial score (nSPS) is 29.6. The van der Waals surface area contributed by atoms with Crippen molar-refractivity contribution in [2.24, 2.45) is 11.8 Å². The fraction of sp³-hybridized carbons (Fsp3) is 0.750. The van der Waals surface area contributed by atoms with Crippen molar-refractivity contribution in [3.8, 4) is 12.3 Å². The SMILES string of the molecule is C#CC(C)C1CCOC1. The maximum Gasteiger partial charge on any atom is 0.0506 e. The van der Waals surface area contributed by atoms with Gasteiger partial charge in [-0.1, -0.05) is 6.92 Å². The van der Waals surface area contributed by atoms with Gasteiger partial charge in [-0.2, -0.15) is 0 Å². The van der Waals surface area contributed by atoms with Crippen molar-refractivity contribution in [2.45, 2.75) is 13.3 Å². The molecule has 1 heterocycles. The molecule has 2 atom stereocenters. The van der Waals surface area contributed by atoms with E-state index in [-0.39, 0.29) is 0 Å². The van der Waals surface area contributed by atoms with Crippen LogP contribution in [0.2, 0.25) is 0 Å². The second kappa shape index (κ2) is 2.89. The highest BCUT2D eigenvalue weighted by molar-refractivity contribution is 4.94. The Morgan fingerprint density at radius 3 is 3.00 bits per heavy atom. The van der Waals surface area contributed by atoms with Crippen LogP contribution in [0.25, 0.3) is 0 Å². The predicted molar refractivity (Wildman–Crippen MR) is 36.9 cm³/mol. The van der Waals surface area contributed by atoms with E-state index in [0.717, 1.165) is 19.6 Å². The highest BCUT2D eigenvalue weighted by Crippen LogP contribution is 2.20. The van der Waals surface area contributed by atoms with Gasteiger partial charge in [-0.3, -0.25) is 0 Å². The lowest BCUT2D eigenvalue weighted by Crippen LogP contribution is -2.08. The van der Waals surface area contributed by atoms with Gasteiger partial charge in [0.15, 0.2) is 0 Å². The van der Waals surface area contributed by atoms with Gasteiger partial charge in [-0.15, -0.1) is 12.3 Å². The zero-order valence-electron chi connectivity index (χ0n) is 5.76. The Hall–Kier alpha value is -0.480. The maximum absolute atomic E-state index is 5.25. The lowest BCUT2D eigenvalue weighted by molar-refractivity contribution is 0.180. The molecule has 1 nitrogen and oxygen atoms in total. The molecule has 1 aliphatic rings. The second-order valence-electron chi connectivity index (χ2n) is 2.58. The quantitative estimate of drug-likeness (QED) is 0.479. The van der Waals surface area contributed by atoms with E-state index in [2.05, 4.69) is 12.8 Å². The van der Waals surface area contributed by atoms with Crippen LogP contribution in [-0.2, 0) is 4.74 Å². The minimum atomic E-state index is 0.396. The summed E-state index contributed by atoms with van der Waals surface area (Å²) in [5.41, 5.74) is 0. The van der Waals surface area contributed by atoms with E-state index >= 15 is 0 Å². The van der Waals surface area contributed by atoms with Crippen LogP contribution in [0.3, 0.4) is 0 Å². The van der Waals surface area contributed by atoms with Crippen LogP contribution in [0.4, 0.5) is 0 Å². The monoisotopic (exact) mass is 124 g/mol. The number of ether oxygens (including phenoxy) is 1. The van der Waals surface area contributed by atoms with E-state index in [1.807, 2.05) is 0 Å². The highest BCUT2D eigenvalue weighted by Gasteiger charge is 2.19. The fourth-order valence-electron chi connectivity index (χ4n) is 1.08. The van der Waals surface area contributed by atoms with Crippen LogP contribution in [-0.4, -0.2) is 13.2 Å². The lowest BCUT2D eigenvalue weighted by Gasteiger charge is -2.08. The molecule has 0 aromatic rings. The van der Waals surface area contributed by atoms with E-state index in [1.165, 1.54) is 0 Å². The molecule has 2 unspecified atom stereocenters. The summed E-state index contributed by atoms with van der Waals surface area (Å²) in [6, 6.07) is 0. The molecule has 1 heteroatoms. The van der Waals surface area contributed by atoms with Crippen LogP contribution < -0.4 is 0 Å². The molecule has 1 rings (SSSR count). The third-order valence-electron chi connectivity index (χ3n) is 1.93. The Balaban J connectivity index is 2.34. The largest absolute Gasteiger partial charge is 0.381 e. The first kappa shape index (κ1) is 6.64. The van der Waals surface area contributed by atoms with Crippen LogP contribution in [0.5, 0.6) is 0 Å². The van der Waals surface area contributed by atoms with Gasteiger partial charge < -0.3 is 4.74 Å². The summed E-state index contributed by atoms with van der Waals surface area (Å²) in [5, 5.41) is 0. The molecule has 0 bridgehead atoms. The average molecular weight is 124 g/mol. The highest BCUT2D eigenvalue weighted by atomic mass is 16.5. The first-order chi connectivity index (χ1) is 4.34. The summed E-state index contributed by atoms with van der Waals surface area (Å²) < 4.78 is 5.18. The molecule has 1 fully saturated rings. The molecule has 0 aliphatic carbocycles. The summed E-state index contributed by atoms with van der Waals surface area (Å²) in [6.07, 6.45) is 6.39. The molecule has 0 saturated carbocycles. The smallest absolute Gasteiger partial charge is 0.0506 e. The number of hydrogen-bond donors (Lipinski definition) is 0. The van der Waals surface area contributed by atoms with Crippen LogP contribution >= 0.6 is 0 Å². The molecule has 1 aliphatic heterocycles. The molecule has 9 heavy (non-hydrogen) atoms. The van der Waals surface area contributed by atoms with E-state index in [9.17, 15) is 0 Å². The van der Waals surface area contributed by atoms with Gasteiger partial charge in [-0.25, -0.2) is 0 Å². The van der Waals surface area contributed by atoms with Crippen molar-refractivity contribution >= 4 is 0 Å². The first-order valence-corrected chi connectivity index (χ1v) is 3.38. The van der Waals surface area contributed by atoms with Crippen molar-refractivity contribution in [1.82, 2.24) is 0 Å². The Morgan fingerprint density at radius 2 is 2.56 bits per heavy atom. The van der Waals surface area contributed by atoms with Crippen molar-refractivity contribution in [2.75, 3.05) is 13.2 Å². The van der Waals surface area contributed by atoms with Crippen molar-refractivity contribution < 1.29 is 4.74 Å². The van der Waals surface area contributed by atoms with Gasteiger partial charge in [0.25, 0.3) is 0 Å². The minimum absolute atomic E-state index is 0.396. The minimum Gasteiger partial charge on any atom is -0.381 e. The second-order valence-corrected chi connectivity index (χ2v) is 2.58. The van der Waals surface area contributed by atoms with Gasteiger partial charge in [-0.05, 0) is 12.3 Å². The molecule has 0 aromatic carbocycles. The summed E-state index contributed by atoms with van der Waals surface area (Å²) in [6.45, 7) is 3.85. The Morgan fingerprint density at radius 1 is 1.78 bits per heavy atom. The van der Waals surface area contributed by atoms with Gasteiger partial charge >= 0.3 is 0 Å². The fourth-order valence-corrected chi connectivity index (χ4v) is 1.08. The third kappa shape index (κ3) is 1.46. The Labute approximate surface area is 56.4 Å². The summed E-state index contributed by atoms with van der Waals surface area (Å²) in [5.74, 6) is 3.74.